The lowest BCUT2D eigenvalue weighted by Gasteiger charge is -2.19. The Morgan fingerprint density at radius 1 is 1.19 bits per heavy atom. The predicted molar refractivity (Wildman–Crippen MR) is 89.1 cm³/mol. The summed E-state index contributed by atoms with van der Waals surface area (Å²) in [5.41, 5.74) is 2.25. The van der Waals surface area contributed by atoms with Crippen LogP contribution < -0.4 is 5.56 Å². The molecule has 1 aromatic carbocycles. The van der Waals surface area contributed by atoms with Crippen LogP contribution in [0.15, 0.2) is 34.4 Å². The Balaban J connectivity index is 2.34. The molecule has 0 bridgehead atoms. The number of hydrogen-bond donors (Lipinski definition) is 1. The first-order valence-corrected chi connectivity index (χ1v) is 7.84. The molecule has 1 N–H and O–H groups in total. The van der Waals surface area contributed by atoms with Gasteiger partial charge in [-0.3, -0.25) is 4.79 Å². The maximum atomic E-state index is 12.3. The lowest BCUT2D eigenvalue weighted by Crippen LogP contribution is -2.24. The number of aromatic amines is 1. The fraction of sp³-hybridized carbons (Fsp3) is 0.294. The summed E-state index contributed by atoms with van der Waals surface area (Å²) in [6, 6.07) is 8.24. The van der Waals surface area contributed by atoms with Crippen molar-refractivity contribution < 1.29 is 0 Å². The molecule has 0 aliphatic heterocycles. The van der Waals surface area contributed by atoms with E-state index in [0.29, 0.717) is 5.56 Å². The molecule has 0 saturated heterocycles. The number of rotatable bonds is 1. The summed E-state index contributed by atoms with van der Waals surface area (Å²) in [6.45, 7) is 7.99. The molecular weight excluding hydrogens is 280 g/mol. The molecule has 108 valence electrons. The number of nitrogens with zero attached hydrogens (tertiary/aromatic N) is 1. The van der Waals surface area contributed by atoms with Crippen LogP contribution in [0.1, 0.15) is 32.2 Å². The average Bonchev–Trinajstić information content (AvgIpc) is 2.88. The van der Waals surface area contributed by atoms with Gasteiger partial charge in [0.15, 0.2) is 0 Å². The van der Waals surface area contributed by atoms with E-state index in [-0.39, 0.29) is 11.0 Å². The van der Waals surface area contributed by atoms with Gasteiger partial charge in [0.05, 0.1) is 5.69 Å². The van der Waals surface area contributed by atoms with Gasteiger partial charge < -0.3 is 4.98 Å². The van der Waals surface area contributed by atoms with Crippen LogP contribution in [-0.4, -0.2) is 9.97 Å². The second-order valence-corrected chi connectivity index (χ2v) is 7.20. The largest absolute Gasteiger partial charge is 0.310 e. The quantitative estimate of drug-likeness (QED) is 0.729. The molecule has 0 spiro atoms. The van der Waals surface area contributed by atoms with Crippen LogP contribution in [0.3, 0.4) is 0 Å². The van der Waals surface area contributed by atoms with Crippen molar-refractivity contribution in [1.29, 1.82) is 0 Å². The third-order valence-corrected chi connectivity index (χ3v) is 4.56. The van der Waals surface area contributed by atoms with Crippen molar-refractivity contribution >= 4 is 21.4 Å². The van der Waals surface area contributed by atoms with Gasteiger partial charge in [-0.05, 0) is 23.8 Å². The summed E-state index contributed by atoms with van der Waals surface area (Å²) in [5.74, 6) is 0.724. The molecule has 2 aromatic heterocycles. The van der Waals surface area contributed by atoms with Crippen LogP contribution in [0, 0.1) is 6.92 Å². The van der Waals surface area contributed by atoms with Crippen molar-refractivity contribution in [2.45, 2.75) is 33.1 Å². The molecule has 3 nitrogen and oxygen atoms in total. The molecule has 0 saturated carbocycles. The standard InChI is InChI=1S/C17H18N2OS/c1-10-13(18-16(17(2,3)4)19-15(10)20)12-7-5-6-11-8-9-21-14(11)12/h5-9H,1-4H3,(H,18,19,20). The number of thiophene rings is 1. The van der Waals surface area contributed by atoms with Crippen LogP contribution in [0.5, 0.6) is 0 Å². The van der Waals surface area contributed by atoms with Gasteiger partial charge in [-0.2, -0.15) is 0 Å². The molecule has 3 aromatic rings. The van der Waals surface area contributed by atoms with Gasteiger partial charge in [-0.25, -0.2) is 4.98 Å². The normalized spacial score (nSPS) is 12.0. The number of aromatic nitrogens is 2. The molecule has 0 fully saturated rings. The highest BCUT2D eigenvalue weighted by Gasteiger charge is 2.20. The monoisotopic (exact) mass is 298 g/mol. The van der Waals surface area contributed by atoms with E-state index in [1.54, 1.807) is 11.3 Å². The zero-order valence-corrected chi connectivity index (χ0v) is 13.5. The number of H-pyrrole nitrogens is 1. The maximum Gasteiger partial charge on any atom is 0.254 e. The zero-order valence-electron chi connectivity index (χ0n) is 12.7. The Morgan fingerprint density at radius 3 is 2.67 bits per heavy atom. The van der Waals surface area contributed by atoms with Gasteiger partial charge in [0.1, 0.15) is 5.82 Å². The van der Waals surface area contributed by atoms with Crippen LogP contribution in [0.2, 0.25) is 0 Å². The van der Waals surface area contributed by atoms with E-state index < -0.39 is 0 Å². The second kappa shape index (κ2) is 4.81. The van der Waals surface area contributed by atoms with E-state index in [4.69, 9.17) is 4.98 Å². The minimum atomic E-state index is -0.190. The Morgan fingerprint density at radius 2 is 1.95 bits per heavy atom. The first-order chi connectivity index (χ1) is 9.88. The van der Waals surface area contributed by atoms with E-state index in [1.165, 1.54) is 10.1 Å². The molecule has 4 heteroatoms. The van der Waals surface area contributed by atoms with E-state index in [0.717, 1.165) is 17.1 Å². The van der Waals surface area contributed by atoms with Gasteiger partial charge in [0.25, 0.3) is 5.56 Å². The van der Waals surface area contributed by atoms with Crippen molar-refractivity contribution in [3.05, 3.63) is 51.4 Å². The predicted octanol–water partition coefficient (Wildman–Crippen LogP) is 4.26. The summed E-state index contributed by atoms with van der Waals surface area (Å²) < 4.78 is 1.18. The lowest BCUT2D eigenvalue weighted by atomic mass is 9.95. The smallest absolute Gasteiger partial charge is 0.254 e. The highest BCUT2D eigenvalue weighted by atomic mass is 32.1. The summed E-state index contributed by atoms with van der Waals surface area (Å²) in [7, 11) is 0. The minimum Gasteiger partial charge on any atom is -0.310 e. The molecular formula is C17H18N2OS. The third kappa shape index (κ3) is 2.40. The minimum absolute atomic E-state index is 0.0570. The van der Waals surface area contributed by atoms with E-state index in [1.807, 2.05) is 19.1 Å². The Bertz CT molecular complexity index is 868. The molecule has 2 heterocycles. The second-order valence-electron chi connectivity index (χ2n) is 6.28. The van der Waals surface area contributed by atoms with Gasteiger partial charge in [-0.15, -0.1) is 11.3 Å². The number of benzene rings is 1. The zero-order chi connectivity index (χ0) is 15.2. The van der Waals surface area contributed by atoms with Crippen LogP contribution in [0.25, 0.3) is 21.3 Å². The Hall–Kier alpha value is -1.94. The van der Waals surface area contributed by atoms with Crippen LogP contribution in [-0.2, 0) is 5.41 Å². The van der Waals surface area contributed by atoms with Crippen LogP contribution in [0.4, 0.5) is 0 Å². The highest BCUT2D eigenvalue weighted by Crippen LogP contribution is 2.33. The first-order valence-electron chi connectivity index (χ1n) is 6.96. The Kier molecular flexibility index (Phi) is 3.21. The van der Waals surface area contributed by atoms with Gasteiger partial charge in [-0.1, -0.05) is 39.0 Å². The number of hydrogen-bond acceptors (Lipinski definition) is 3. The molecule has 0 amide bonds. The fourth-order valence-electron chi connectivity index (χ4n) is 2.33. The first kappa shape index (κ1) is 14.0. The molecule has 0 aliphatic rings. The lowest BCUT2D eigenvalue weighted by molar-refractivity contribution is 0.543. The number of fused-ring (bicyclic) bond motifs is 1. The fourth-order valence-corrected chi connectivity index (χ4v) is 3.24. The van der Waals surface area contributed by atoms with Crippen molar-refractivity contribution in [2.24, 2.45) is 0 Å². The average molecular weight is 298 g/mol. The van der Waals surface area contributed by atoms with Gasteiger partial charge in [0.2, 0.25) is 0 Å². The van der Waals surface area contributed by atoms with Crippen molar-refractivity contribution in [3.8, 4) is 11.3 Å². The highest BCUT2D eigenvalue weighted by molar-refractivity contribution is 7.17. The summed E-state index contributed by atoms with van der Waals surface area (Å²) >= 11 is 1.68. The van der Waals surface area contributed by atoms with Crippen molar-refractivity contribution in [2.75, 3.05) is 0 Å². The molecule has 0 atom stereocenters. The summed E-state index contributed by atoms with van der Waals surface area (Å²) in [5, 5.41) is 3.26. The molecule has 3 rings (SSSR count). The molecule has 0 unspecified atom stereocenters. The number of nitrogens with one attached hydrogen (secondary N) is 1. The van der Waals surface area contributed by atoms with E-state index in [2.05, 4.69) is 43.3 Å². The molecule has 0 radical (unpaired) electrons. The van der Waals surface area contributed by atoms with Crippen molar-refractivity contribution in [1.82, 2.24) is 9.97 Å². The van der Waals surface area contributed by atoms with E-state index >= 15 is 0 Å². The van der Waals surface area contributed by atoms with Gasteiger partial charge in [0, 0.05) is 21.2 Å². The van der Waals surface area contributed by atoms with E-state index in [9.17, 15) is 4.79 Å². The molecule has 0 aliphatic carbocycles. The Labute approximate surface area is 127 Å². The topological polar surface area (TPSA) is 45.8 Å². The molecule has 21 heavy (non-hydrogen) atoms. The third-order valence-electron chi connectivity index (χ3n) is 3.60. The van der Waals surface area contributed by atoms with Gasteiger partial charge >= 0.3 is 0 Å². The summed E-state index contributed by atoms with van der Waals surface area (Å²) in [4.78, 5) is 19.9. The SMILES string of the molecule is Cc1c(-c2cccc3ccsc23)nc(C(C)(C)C)[nH]c1=O. The maximum absolute atomic E-state index is 12.3. The van der Waals surface area contributed by atoms with Crippen LogP contribution >= 0.6 is 11.3 Å². The van der Waals surface area contributed by atoms with Crippen molar-refractivity contribution in [3.63, 3.8) is 0 Å². The summed E-state index contributed by atoms with van der Waals surface area (Å²) in [6.07, 6.45) is 0.